The van der Waals surface area contributed by atoms with Crippen molar-refractivity contribution in [3.05, 3.63) is 48.3 Å². The number of hydrogen-bond donors (Lipinski definition) is 3. The molecule has 1 atom stereocenters. The van der Waals surface area contributed by atoms with Crippen molar-refractivity contribution >= 4 is 22.6 Å². The van der Waals surface area contributed by atoms with Gasteiger partial charge in [0.2, 0.25) is 5.91 Å². The fourth-order valence-corrected chi connectivity index (χ4v) is 3.06. The molecule has 2 heterocycles. The summed E-state index contributed by atoms with van der Waals surface area (Å²) in [5.74, 6) is 0.246. The molecule has 0 unspecified atom stereocenters. The lowest BCUT2D eigenvalue weighted by molar-refractivity contribution is -0.117. The van der Waals surface area contributed by atoms with E-state index in [0.29, 0.717) is 12.3 Å². The van der Waals surface area contributed by atoms with Gasteiger partial charge in [-0.05, 0) is 54.2 Å². The zero-order valence-electron chi connectivity index (χ0n) is 14.8. The van der Waals surface area contributed by atoms with Crippen LogP contribution in [0.1, 0.15) is 25.8 Å². The number of pyridine rings is 1. The van der Waals surface area contributed by atoms with Crippen LogP contribution in [-0.4, -0.2) is 21.9 Å². The lowest BCUT2D eigenvalue weighted by atomic mass is 9.99. The summed E-state index contributed by atoms with van der Waals surface area (Å²) in [6.07, 6.45) is 4.44. The Labute approximate surface area is 147 Å². The van der Waals surface area contributed by atoms with Gasteiger partial charge in [0.1, 0.15) is 5.65 Å². The summed E-state index contributed by atoms with van der Waals surface area (Å²) < 4.78 is 0. The third-order valence-electron chi connectivity index (χ3n) is 4.28. The lowest BCUT2D eigenvalue weighted by Gasteiger charge is -2.14. The first-order valence-corrected chi connectivity index (χ1v) is 8.55. The molecule has 0 fully saturated rings. The number of anilines is 1. The Morgan fingerprint density at radius 2 is 1.96 bits per heavy atom. The number of aryl methyl sites for hydroxylation is 1. The van der Waals surface area contributed by atoms with Crippen molar-refractivity contribution in [3.63, 3.8) is 0 Å². The van der Waals surface area contributed by atoms with Crippen LogP contribution in [0.25, 0.3) is 22.2 Å². The van der Waals surface area contributed by atoms with Crippen LogP contribution >= 0.6 is 0 Å². The van der Waals surface area contributed by atoms with Gasteiger partial charge in [-0.25, -0.2) is 4.98 Å². The van der Waals surface area contributed by atoms with E-state index < -0.39 is 6.04 Å². The molecule has 0 aliphatic carbocycles. The first-order valence-electron chi connectivity index (χ1n) is 8.55. The van der Waals surface area contributed by atoms with Gasteiger partial charge in [0.05, 0.1) is 6.04 Å². The average molecular weight is 336 g/mol. The summed E-state index contributed by atoms with van der Waals surface area (Å²) in [6, 6.07) is 9.39. The van der Waals surface area contributed by atoms with Gasteiger partial charge in [0, 0.05) is 23.5 Å². The van der Waals surface area contributed by atoms with Crippen LogP contribution in [0.5, 0.6) is 0 Å². The highest BCUT2D eigenvalue weighted by molar-refractivity contribution is 5.97. The Kier molecular flexibility index (Phi) is 4.86. The standard InChI is InChI=1S/C20H24N4O/c1-12(2)10-17(21)20(25)24-15-6-4-14(5-7-15)18-13(3)11-23-19-16(18)8-9-22-19/h4-9,11-12,17H,10,21H2,1-3H3,(H,22,23)(H,24,25)/t17-/m1/s1. The van der Waals surface area contributed by atoms with E-state index >= 15 is 0 Å². The summed E-state index contributed by atoms with van der Waals surface area (Å²) in [5.41, 5.74) is 10.9. The number of fused-ring (bicyclic) bond motifs is 1. The molecule has 5 nitrogen and oxygen atoms in total. The molecule has 0 bridgehead atoms. The van der Waals surface area contributed by atoms with Crippen LogP contribution in [0.2, 0.25) is 0 Å². The molecule has 0 spiro atoms. The van der Waals surface area contributed by atoms with Crippen molar-refractivity contribution in [2.75, 3.05) is 5.32 Å². The minimum absolute atomic E-state index is 0.144. The number of H-pyrrole nitrogens is 1. The Balaban J connectivity index is 1.82. The number of nitrogens with one attached hydrogen (secondary N) is 2. The predicted octanol–water partition coefficient (Wildman–Crippen LogP) is 3.85. The molecule has 0 saturated carbocycles. The summed E-state index contributed by atoms with van der Waals surface area (Å²) in [7, 11) is 0. The molecule has 1 amide bonds. The lowest BCUT2D eigenvalue weighted by Crippen LogP contribution is -2.36. The molecule has 25 heavy (non-hydrogen) atoms. The largest absolute Gasteiger partial charge is 0.346 e. The molecule has 130 valence electrons. The van der Waals surface area contributed by atoms with E-state index in [2.05, 4.69) is 36.1 Å². The van der Waals surface area contributed by atoms with Gasteiger partial charge in [-0.1, -0.05) is 26.0 Å². The maximum Gasteiger partial charge on any atom is 0.241 e. The summed E-state index contributed by atoms with van der Waals surface area (Å²) in [6.45, 7) is 6.16. The molecular formula is C20H24N4O. The average Bonchev–Trinajstić information content (AvgIpc) is 3.03. The number of nitrogens with zero attached hydrogens (tertiary/aromatic N) is 1. The van der Waals surface area contributed by atoms with Crippen LogP contribution in [0.3, 0.4) is 0 Å². The first kappa shape index (κ1) is 17.2. The maximum atomic E-state index is 12.1. The minimum Gasteiger partial charge on any atom is -0.346 e. The van der Waals surface area contributed by atoms with Crippen LogP contribution in [0, 0.1) is 12.8 Å². The van der Waals surface area contributed by atoms with Gasteiger partial charge in [-0.3, -0.25) is 4.79 Å². The molecular weight excluding hydrogens is 312 g/mol. The van der Waals surface area contributed by atoms with Crippen molar-refractivity contribution < 1.29 is 4.79 Å². The Bertz CT molecular complexity index is 880. The maximum absolute atomic E-state index is 12.1. The summed E-state index contributed by atoms with van der Waals surface area (Å²) >= 11 is 0. The van der Waals surface area contributed by atoms with Gasteiger partial charge >= 0.3 is 0 Å². The van der Waals surface area contributed by atoms with Gasteiger partial charge in [-0.15, -0.1) is 0 Å². The fourth-order valence-electron chi connectivity index (χ4n) is 3.06. The Morgan fingerprint density at radius 3 is 2.64 bits per heavy atom. The van der Waals surface area contributed by atoms with E-state index in [1.54, 1.807) is 0 Å². The monoisotopic (exact) mass is 336 g/mol. The first-order chi connectivity index (χ1) is 12.0. The van der Waals surface area contributed by atoms with E-state index in [-0.39, 0.29) is 5.91 Å². The number of hydrogen-bond acceptors (Lipinski definition) is 3. The zero-order chi connectivity index (χ0) is 18.0. The molecule has 3 aromatic rings. The number of carbonyl (C=O) groups is 1. The summed E-state index contributed by atoms with van der Waals surface area (Å²) in [5, 5.41) is 3.98. The van der Waals surface area contributed by atoms with E-state index in [1.165, 1.54) is 0 Å². The highest BCUT2D eigenvalue weighted by atomic mass is 16.2. The third kappa shape index (κ3) is 3.72. The van der Waals surface area contributed by atoms with E-state index in [1.807, 2.05) is 42.7 Å². The van der Waals surface area contributed by atoms with Crippen LogP contribution in [0.4, 0.5) is 5.69 Å². The van der Waals surface area contributed by atoms with Crippen LogP contribution in [0.15, 0.2) is 42.7 Å². The van der Waals surface area contributed by atoms with Crippen LogP contribution < -0.4 is 11.1 Å². The number of aromatic amines is 1. The molecule has 4 N–H and O–H groups in total. The van der Waals surface area contributed by atoms with Crippen molar-refractivity contribution in [1.29, 1.82) is 0 Å². The quantitative estimate of drug-likeness (QED) is 0.661. The Hall–Kier alpha value is -2.66. The number of nitrogens with two attached hydrogens (primary N) is 1. The molecule has 2 aromatic heterocycles. The molecule has 0 aliphatic heterocycles. The van der Waals surface area contributed by atoms with Gasteiger partial charge in [0.25, 0.3) is 0 Å². The van der Waals surface area contributed by atoms with Crippen molar-refractivity contribution in [1.82, 2.24) is 9.97 Å². The van der Waals surface area contributed by atoms with E-state index in [9.17, 15) is 4.79 Å². The van der Waals surface area contributed by atoms with Crippen molar-refractivity contribution in [3.8, 4) is 11.1 Å². The van der Waals surface area contributed by atoms with E-state index in [0.717, 1.165) is 33.4 Å². The predicted molar refractivity (Wildman–Crippen MR) is 102 cm³/mol. The highest BCUT2D eigenvalue weighted by Gasteiger charge is 2.15. The fraction of sp³-hybridized carbons (Fsp3) is 0.300. The molecule has 3 rings (SSSR count). The number of aromatic nitrogens is 2. The zero-order valence-corrected chi connectivity index (χ0v) is 14.8. The minimum atomic E-state index is -0.485. The number of benzene rings is 1. The third-order valence-corrected chi connectivity index (χ3v) is 4.28. The molecule has 5 heteroatoms. The van der Waals surface area contributed by atoms with Crippen molar-refractivity contribution in [2.45, 2.75) is 33.2 Å². The number of amides is 1. The molecule has 0 saturated heterocycles. The second-order valence-corrected chi connectivity index (χ2v) is 6.86. The van der Waals surface area contributed by atoms with Crippen molar-refractivity contribution in [2.24, 2.45) is 11.7 Å². The van der Waals surface area contributed by atoms with Gasteiger partial charge in [-0.2, -0.15) is 0 Å². The SMILES string of the molecule is Cc1cnc2[nH]ccc2c1-c1ccc(NC(=O)[C@H](N)CC(C)C)cc1. The topological polar surface area (TPSA) is 83.8 Å². The van der Waals surface area contributed by atoms with Gasteiger partial charge in [0.15, 0.2) is 0 Å². The molecule has 1 aromatic carbocycles. The Morgan fingerprint density at radius 1 is 1.24 bits per heavy atom. The smallest absolute Gasteiger partial charge is 0.241 e. The summed E-state index contributed by atoms with van der Waals surface area (Å²) in [4.78, 5) is 19.7. The second-order valence-electron chi connectivity index (χ2n) is 6.86. The van der Waals surface area contributed by atoms with E-state index in [4.69, 9.17) is 5.73 Å². The van der Waals surface area contributed by atoms with Gasteiger partial charge < -0.3 is 16.0 Å². The molecule has 0 aliphatic rings. The highest BCUT2D eigenvalue weighted by Crippen LogP contribution is 2.31. The normalized spacial score (nSPS) is 12.5. The molecule has 0 radical (unpaired) electrons. The van der Waals surface area contributed by atoms with Crippen LogP contribution in [-0.2, 0) is 4.79 Å². The second kappa shape index (κ2) is 7.07. The number of rotatable bonds is 5. The number of carbonyl (C=O) groups excluding carboxylic acids is 1.